The van der Waals surface area contributed by atoms with E-state index < -0.39 is 80.4 Å². The van der Waals surface area contributed by atoms with Gasteiger partial charge < -0.3 is 20.1 Å². The molecule has 1 saturated heterocycles. The number of carbonyl (C=O) groups is 2. The number of amides is 2. The molecule has 18 nitrogen and oxygen atoms in total. The molecular weight excluding hydrogens is 656 g/mol. The van der Waals surface area contributed by atoms with Crippen LogP contribution in [-0.4, -0.2) is 88.8 Å². The predicted octanol–water partition coefficient (Wildman–Crippen LogP) is 0.155. The van der Waals surface area contributed by atoms with Crippen molar-refractivity contribution in [2.24, 2.45) is 5.92 Å². The van der Waals surface area contributed by atoms with E-state index in [-0.39, 0.29) is 12.5 Å². The highest BCUT2D eigenvalue weighted by molar-refractivity contribution is 7.81. The molecule has 44 heavy (non-hydrogen) atoms. The topological polar surface area (TPSA) is 267 Å². The third-order valence-electron chi connectivity index (χ3n) is 6.57. The van der Waals surface area contributed by atoms with Crippen LogP contribution >= 0.6 is 0 Å². The van der Waals surface area contributed by atoms with E-state index >= 15 is 0 Å². The first-order valence-corrected chi connectivity index (χ1v) is 16.5. The minimum absolute atomic E-state index is 0.0985. The summed E-state index contributed by atoms with van der Waals surface area (Å²) in [6.07, 6.45) is -9.86. The molecule has 0 spiro atoms. The maximum Gasteiger partial charge on any atom is 0.407 e. The van der Waals surface area contributed by atoms with E-state index in [0.29, 0.717) is 0 Å². The van der Waals surface area contributed by atoms with Crippen LogP contribution in [0.3, 0.4) is 0 Å². The molecule has 0 radical (unpaired) electrons. The molecular formula is C23H26N2O16S3. The van der Waals surface area contributed by atoms with Gasteiger partial charge in [0.1, 0.15) is 19.3 Å². The van der Waals surface area contributed by atoms with Gasteiger partial charge in [0.15, 0.2) is 18.6 Å². The SMILES string of the molecule is CC1C(OS(=O)(=O)O)O[C@@H](NC(=O)CNC(=O)OCC2c3ccccc3-c3ccccc32)C(OS(=O)(=O)O)[C@H]1OS(=O)(=O)O. The highest BCUT2D eigenvalue weighted by Crippen LogP contribution is 2.44. The van der Waals surface area contributed by atoms with Crippen LogP contribution in [0.5, 0.6) is 0 Å². The molecule has 1 aliphatic heterocycles. The Kier molecular flexibility index (Phi) is 9.94. The van der Waals surface area contributed by atoms with Crippen LogP contribution in [0.4, 0.5) is 4.79 Å². The molecule has 1 heterocycles. The van der Waals surface area contributed by atoms with E-state index in [4.69, 9.17) is 18.6 Å². The van der Waals surface area contributed by atoms with Crippen molar-refractivity contribution in [1.82, 2.24) is 10.6 Å². The highest BCUT2D eigenvalue weighted by atomic mass is 32.3. The van der Waals surface area contributed by atoms with E-state index in [1.165, 1.54) is 0 Å². The number of hydrogen-bond acceptors (Lipinski definition) is 13. The molecule has 2 aromatic carbocycles. The second-order valence-electron chi connectivity index (χ2n) is 9.53. The Hall–Kier alpha value is -3.25. The summed E-state index contributed by atoms with van der Waals surface area (Å²) in [5.74, 6) is -3.10. The molecule has 0 bridgehead atoms. The van der Waals surface area contributed by atoms with Gasteiger partial charge in [0.05, 0.1) is 0 Å². The summed E-state index contributed by atoms with van der Waals surface area (Å²) in [5.41, 5.74) is 3.81. The van der Waals surface area contributed by atoms with Gasteiger partial charge in [0.25, 0.3) is 0 Å². The molecule has 3 unspecified atom stereocenters. The third-order valence-corrected chi connectivity index (χ3v) is 7.94. The van der Waals surface area contributed by atoms with E-state index in [1.807, 2.05) is 53.8 Å². The largest absolute Gasteiger partial charge is 0.449 e. The Labute approximate surface area is 251 Å². The summed E-state index contributed by atoms with van der Waals surface area (Å²) in [6.45, 7) is 0.0276. The van der Waals surface area contributed by atoms with Crippen LogP contribution in [0.2, 0.25) is 0 Å². The van der Waals surface area contributed by atoms with Crippen molar-refractivity contribution in [3.8, 4) is 11.1 Å². The average Bonchev–Trinajstić information content (AvgIpc) is 3.22. The standard InChI is InChI=1S/C23H26N2O16S3/c1-12-19(39-42(28,29)30)20(40-43(31,32)33)21(38-22(12)41-44(34,35)36)25-18(26)10-24-23(27)37-11-17-15-8-4-2-6-13(15)14-7-3-5-9-16(14)17/h2-9,12,17,19-22H,10-11H2,1H3,(H,24,27)(H,25,26)(H,28,29,30)(H,31,32,33)(H,34,35,36)/t12?,19-,20?,21+,22?/m0/s1. The summed E-state index contributed by atoms with van der Waals surface area (Å²) in [7, 11) is -16.1. The number of ether oxygens (including phenoxy) is 2. The van der Waals surface area contributed by atoms with Crippen molar-refractivity contribution in [3.05, 3.63) is 59.7 Å². The number of nitrogens with one attached hydrogen (secondary N) is 2. The predicted molar refractivity (Wildman–Crippen MR) is 145 cm³/mol. The van der Waals surface area contributed by atoms with Gasteiger partial charge in [-0.1, -0.05) is 55.5 Å². The fraction of sp³-hybridized carbons (Fsp3) is 0.391. The van der Waals surface area contributed by atoms with Crippen molar-refractivity contribution in [3.63, 3.8) is 0 Å². The van der Waals surface area contributed by atoms with Crippen LogP contribution < -0.4 is 10.6 Å². The average molecular weight is 683 g/mol. The minimum atomic E-state index is -5.43. The zero-order valence-corrected chi connectivity index (χ0v) is 24.8. The Morgan fingerprint density at radius 2 is 1.30 bits per heavy atom. The lowest BCUT2D eigenvalue weighted by atomic mass is 9.95. The zero-order valence-electron chi connectivity index (χ0n) is 22.4. The van der Waals surface area contributed by atoms with Crippen LogP contribution in [0.1, 0.15) is 24.0 Å². The lowest BCUT2D eigenvalue weighted by molar-refractivity contribution is -0.246. The second kappa shape index (κ2) is 13.0. The van der Waals surface area contributed by atoms with Gasteiger partial charge in [-0.15, -0.1) is 0 Å². The first kappa shape index (κ1) is 33.6. The summed E-state index contributed by atoms with van der Waals surface area (Å²) in [6, 6.07) is 15.1. The Morgan fingerprint density at radius 3 is 1.82 bits per heavy atom. The molecule has 2 aliphatic rings. The van der Waals surface area contributed by atoms with Crippen molar-refractivity contribution in [2.75, 3.05) is 13.2 Å². The van der Waals surface area contributed by atoms with Gasteiger partial charge in [0, 0.05) is 11.8 Å². The molecule has 2 aromatic rings. The maximum absolute atomic E-state index is 12.6. The molecule has 21 heteroatoms. The number of hydrogen-bond donors (Lipinski definition) is 5. The Morgan fingerprint density at radius 1 is 0.795 bits per heavy atom. The molecule has 5 atom stereocenters. The summed E-state index contributed by atoms with van der Waals surface area (Å²) >= 11 is 0. The van der Waals surface area contributed by atoms with Gasteiger partial charge in [-0.2, -0.15) is 25.3 Å². The fourth-order valence-electron chi connectivity index (χ4n) is 4.86. The van der Waals surface area contributed by atoms with Crippen LogP contribution in [0.25, 0.3) is 11.1 Å². The number of rotatable bonds is 11. The molecule has 2 amide bonds. The van der Waals surface area contributed by atoms with Crippen LogP contribution in [0.15, 0.2) is 48.5 Å². The molecule has 1 fully saturated rings. The zero-order chi connectivity index (χ0) is 32.4. The van der Waals surface area contributed by atoms with E-state index in [0.717, 1.165) is 29.2 Å². The number of alkyl carbamates (subject to hydrolysis) is 1. The van der Waals surface area contributed by atoms with Gasteiger partial charge in [-0.25, -0.2) is 17.3 Å². The van der Waals surface area contributed by atoms with Gasteiger partial charge in [-0.05, 0) is 22.3 Å². The van der Waals surface area contributed by atoms with Crippen molar-refractivity contribution in [1.29, 1.82) is 0 Å². The summed E-state index contributed by atoms with van der Waals surface area (Å²) in [4.78, 5) is 25.1. The van der Waals surface area contributed by atoms with Crippen molar-refractivity contribution >= 4 is 43.2 Å². The van der Waals surface area contributed by atoms with Gasteiger partial charge in [0.2, 0.25) is 5.91 Å². The minimum Gasteiger partial charge on any atom is -0.449 e. The molecule has 5 N–H and O–H groups in total. The number of carbonyl (C=O) groups excluding carboxylic acids is 2. The van der Waals surface area contributed by atoms with Crippen molar-refractivity contribution in [2.45, 2.75) is 37.6 Å². The monoisotopic (exact) mass is 682 g/mol. The van der Waals surface area contributed by atoms with Crippen LogP contribution in [0, 0.1) is 5.92 Å². The first-order chi connectivity index (χ1) is 20.4. The van der Waals surface area contributed by atoms with E-state index in [2.05, 4.69) is 17.9 Å². The third kappa shape index (κ3) is 8.68. The molecule has 0 saturated carbocycles. The summed E-state index contributed by atoms with van der Waals surface area (Å²) in [5, 5.41) is 4.12. The second-order valence-corrected chi connectivity index (χ2v) is 12.7. The molecule has 242 valence electrons. The lowest BCUT2D eigenvalue weighted by Gasteiger charge is -2.42. The number of fused-ring (bicyclic) bond motifs is 3. The lowest BCUT2D eigenvalue weighted by Crippen LogP contribution is -2.63. The molecule has 0 aromatic heterocycles. The Balaban J connectivity index is 1.43. The molecule has 4 rings (SSSR count). The van der Waals surface area contributed by atoms with Gasteiger partial charge in [-0.3, -0.25) is 18.5 Å². The van der Waals surface area contributed by atoms with Crippen molar-refractivity contribution < 1.29 is 70.5 Å². The smallest absolute Gasteiger partial charge is 0.407 e. The highest BCUT2D eigenvalue weighted by Gasteiger charge is 2.51. The molecule has 1 aliphatic carbocycles. The Bertz CT molecular complexity index is 1690. The fourth-order valence-corrected chi connectivity index (χ4v) is 6.38. The maximum atomic E-state index is 12.6. The summed E-state index contributed by atoms with van der Waals surface area (Å²) < 4.78 is 119. The first-order valence-electron chi connectivity index (χ1n) is 12.4. The number of benzene rings is 2. The van der Waals surface area contributed by atoms with Crippen LogP contribution in [-0.2, 0) is 58.0 Å². The quantitative estimate of drug-likeness (QED) is 0.197. The van der Waals surface area contributed by atoms with E-state index in [9.17, 15) is 39.4 Å². The van der Waals surface area contributed by atoms with E-state index in [1.54, 1.807) is 0 Å². The normalized spacial score (nSPS) is 23.8. The van der Waals surface area contributed by atoms with Gasteiger partial charge >= 0.3 is 37.3 Å².